The molecule has 3 aromatic rings. The molecule has 1 aromatic heterocycles. The zero-order valence-corrected chi connectivity index (χ0v) is 17.4. The average molecular weight is 411 g/mol. The number of carbonyl (C=O) groups is 1. The van der Waals surface area contributed by atoms with Crippen molar-refractivity contribution in [2.45, 2.75) is 33.9 Å². The molecule has 0 spiro atoms. The predicted molar refractivity (Wildman–Crippen MR) is 116 cm³/mol. The highest BCUT2D eigenvalue weighted by molar-refractivity contribution is 6.30. The van der Waals surface area contributed by atoms with Crippen molar-refractivity contribution in [3.05, 3.63) is 86.3 Å². The average Bonchev–Trinajstić information content (AvgIpc) is 2.62. The van der Waals surface area contributed by atoms with E-state index in [0.29, 0.717) is 23.2 Å². The van der Waals surface area contributed by atoms with Crippen LogP contribution in [0.1, 0.15) is 22.4 Å². The second-order valence-electron chi connectivity index (χ2n) is 7.05. The second-order valence-corrected chi connectivity index (χ2v) is 7.49. The quantitative estimate of drug-likeness (QED) is 0.646. The van der Waals surface area contributed by atoms with Crippen LogP contribution in [0.4, 0.5) is 11.6 Å². The molecule has 2 N–H and O–H groups in total. The summed E-state index contributed by atoms with van der Waals surface area (Å²) < 4.78 is 1.33. The van der Waals surface area contributed by atoms with Crippen LogP contribution in [0.15, 0.2) is 53.3 Å². The van der Waals surface area contributed by atoms with Crippen molar-refractivity contribution in [2.24, 2.45) is 0 Å². The van der Waals surface area contributed by atoms with Crippen molar-refractivity contribution in [2.75, 3.05) is 5.32 Å². The zero-order valence-electron chi connectivity index (χ0n) is 16.6. The molecule has 0 unspecified atom stereocenters. The molecule has 0 aliphatic heterocycles. The van der Waals surface area contributed by atoms with E-state index in [-0.39, 0.29) is 18.0 Å². The first kappa shape index (κ1) is 20.6. The smallest absolute Gasteiger partial charge is 0.255 e. The van der Waals surface area contributed by atoms with E-state index in [1.165, 1.54) is 10.6 Å². The number of benzene rings is 2. The van der Waals surface area contributed by atoms with Crippen LogP contribution < -0.4 is 16.2 Å². The number of halogens is 1. The molecule has 0 saturated carbocycles. The van der Waals surface area contributed by atoms with Crippen molar-refractivity contribution in [1.82, 2.24) is 14.9 Å². The molecule has 1 amide bonds. The minimum atomic E-state index is -0.291. The Hall–Kier alpha value is -3.12. The number of anilines is 2. The molecule has 29 heavy (non-hydrogen) atoms. The number of rotatable bonds is 6. The van der Waals surface area contributed by atoms with Gasteiger partial charge in [0.05, 0.1) is 0 Å². The largest absolute Gasteiger partial charge is 0.350 e. The van der Waals surface area contributed by atoms with E-state index in [2.05, 4.69) is 21.7 Å². The van der Waals surface area contributed by atoms with Gasteiger partial charge in [-0.15, -0.1) is 0 Å². The molecule has 6 nitrogen and oxygen atoms in total. The Kier molecular flexibility index (Phi) is 6.34. The second kappa shape index (κ2) is 8.92. The summed E-state index contributed by atoms with van der Waals surface area (Å²) in [6, 6.07) is 14.7. The number of amides is 1. The fourth-order valence-electron chi connectivity index (χ4n) is 3.09. The van der Waals surface area contributed by atoms with Gasteiger partial charge in [-0.05, 0) is 61.7 Å². The van der Waals surface area contributed by atoms with Crippen molar-refractivity contribution >= 4 is 29.1 Å². The number of aryl methyl sites for hydroxylation is 3. The van der Waals surface area contributed by atoms with Crippen molar-refractivity contribution in [3.8, 4) is 0 Å². The summed E-state index contributed by atoms with van der Waals surface area (Å²) in [5.74, 6) is 0.0408. The standard InChI is InChI=1S/C22H23ClN4O2/c1-14-7-15(2)9-19(8-14)26-22-25-16(3)10-21(29)27(22)13-20(28)24-12-17-5-4-6-18(23)11-17/h4-11H,12-13H2,1-3H3,(H,24,28)(H,25,26). The molecular formula is C22H23ClN4O2. The van der Waals surface area contributed by atoms with Crippen molar-refractivity contribution < 1.29 is 4.79 Å². The molecule has 0 bridgehead atoms. The van der Waals surface area contributed by atoms with E-state index in [1.807, 2.05) is 38.1 Å². The maximum atomic E-state index is 12.5. The van der Waals surface area contributed by atoms with Crippen LogP contribution in [0.2, 0.25) is 5.02 Å². The SMILES string of the molecule is Cc1cc(C)cc(Nc2nc(C)cc(=O)n2CC(=O)NCc2cccc(Cl)c2)c1. The van der Waals surface area contributed by atoms with Gasteiger partial charge in [-0.3, -0.25) is 14.2 Å². The lowest BCUT2D eigenvalue weighted by Gasteiger charge is -2.15. The molecule has 7 heteroatoms. The minimum Gasteiger partial charge on any atom is -0.350 e. The Bertz CT molecular complexity index is 1090. The number of carbonyl (C=O) groups excluding carboxylic acids is 1. The Morgan fingerprint density at radius 1 is 1.07 bits per heavy atom. The van der Waals surface area contributed by atoms with Gasteiger partial charge in [0.1, 0.15) is 6.54 Å². The predicted octanol–water partition coefficient (Wildman–Crippen LogP) is 3.88. The summed E-state index contributed by atoms with van der Waals surface area (Å²) in [4.78, 5) is 29.4. The fourth-order valence-corrected chi connectivity index (χ4v) is 3.30. The first-order valence-electron chi connectivity index (χ1n) is 9.25. The van der Waals surface area contributed by atoms with E-state index < -0.39 is 0 Å². The van der Waals surface area contributed by atoms with Crippen LogP contribution in [-0.4, -0.2) is 15.5 Å². The van der Waals surface area contributed by atoms with Gasteiger partial charge in [0.2, 0.25) is 11.9 Å². The third kappa shape index (κ3) is 5.68. The first-order valence-corrected chi connectivity index (χ1v) is 9.63. The molecule has 0 radical (unpaired) electrons. The third-order valence-corrected chi connectivity index (χ3v) is 4.53. The molecule has 2 aromatic carbocycles. The maximum Gasteiger partial charge on any atom is 0.255 e. The van der Waals surface area contributed by atoms with Crippen molar-refractivity contribution in [3.63, 3.8) is 0 Å². The van der Waals surface area contributed by atoms with E-state index >= 15 is 0 Å². The maximum absolute atomic E-state index is 12.5. The van der Waals surface area contributed by atoms with Gasteiger partial charge in [-0.25, -0.2) is 4.98 Å². The monoisotopic (exact) mass is 410 g/mol. The van der Waals surface area contributed by atoms with Crippen molar-refractivity contribution in [1.29, 1.82) is 0 Å². The fraction of sp³-hybridized carbons (Fsp3) is 0.227. The van der Waals surface area contributed by atoms with E-state index in [4.69, 9.17) is 11.6 Å². The summed E-state index contributed by atoms with van der Waals surface area (Å²) in [6.07, 6.45) is 0. The number of aromatic nitrogens is 2. The Morgan fingerprint density at radius 3 is 2.48 bits per heavy atom. The van der Waals surface area contributed by atoms with Gasteiger partial charge in [-0.2, -0.15) is 0 Å². The Labute approximate surface area is 174 Å². The summed E-state index contributed by atoms with van der Waals surface area (Å²) in [5.41, 5.74) is 4.17. The van der Waals surface area contributed by atoms with Crippen LogP contribution in [0.3, 0.4) is 0 Å². The minimum absolute atomic E-state index is 0.139. The third-order valence-electron chi connectivity index (χ3n) is 4.29. The van der Waals surface area contributed by atoms with Gasteiger partial charge in [-0.1, -0.05) is 29.8 Å². The van der Waals surface area contributed by atoms with Crippen LogP contribution in [0, 0.1) is 20.8 Å². The number of nitrogens with one attached hydrogen (secondary N) is 2. The number of nitrogens with zero attached hydrogens (tertiary/aromatic N) is 2. The van der Waals surface area contributed by atoms with Gasteiger partial charge in [0, 0.05) is 29.0 Å². The summed E-state index contributed by atoms with van der Waals surface area (Å²) in [7, 11) is 0. The highest BCUT2D eigenvalue weighted by Crippen LogP contribution is 2.18. The molecule has 0 saturated heterocycles. The van der Waals surface area contributed by atoms with E-state index in [0.717, 1.165) is 22.4 Å². The molecule has 0 aliphatic carbocycles. The normalized spacial score (nSPS) is 10.6. The molecule has 0 atom stereocenters. The summed E-state index contributed by atoms with van der Waals surface area (Å²) in [6.45, 7) is 5.93. The number of hydrogen-bond acceptors (Lipinski definition) is 4. The molecule has 1 heterocycles. The van der Waals surface area contributed by atoms with Crippen LogP contribution >= 0.6 is 11.6 Å². The van der Waals surface area contributed by atoms with Gasteiger partial charge < -0.3 is 10.6 Å². The molecule has 0 aliphatic rings. The Morgan fingerprint density at radius 2 is 1.79 bits per heavy atom. The summed E-state index contributed by atoms with van der Waals surface area (Å²) >= 11 is 5.97. The van der Waals surface area contributed by atoms with Gasteiger partial charge in [0.25, 0.3) is 5.56 Å². The zero-order chi connectivity index (χ0) is 21.0. The molecule has 150 valence electrons. The van der Waals surface area contributed by atoms with E-state index in [9.17, 15) is 9.59 Å². The molecule has 3 rings (SSSR count). The Balaban J connectivity index is 1.79. The van der Waals surface area contributed by atoms with Gasteiger partial charge in [0.15, 0.2) is 0 Å². The van der Waals surface area contributed by atoms with Crippen LogP contribution in [0.5, 0.6) is 0 Å². The number of hydrogen-bond donors (Lipinski definition) is 2. The highest BCUT2D eigenvalue weighted by atomic mass is 35.5. The topological polar surface area (TPSA) is 76.0 Å². The highest BCUT2D eigenvalue weighted by Gasteiger charge is 2.12. The summed E-state index contributed by atoms with van der Waals surface area (Å²) in [5, 5.41) is 6.60. The van der Waals surface area contributed by atoms with Crippen LogP contribution in [0.25, 0.3) is 0 Å². The van der Waals surface area contributed by atoms with Gasteiger partial charge >= 0.3 is 0 Å². The lowest BCUT2D eigenvalue weighted by molar-refractivity contribution is -0.121. The lowest BCUT2D eigenvalue weighted by Crippen LogP contribution is -2.33. The molecule has 0 fully saturated rings. The lowest BCUT2D eigenvalue weighted by atomic mass is 10.1. The molecular weight excluding hydrogens is 388 g/mol. The van der Waals surface area contributed by atoms with Crippen LogP contribution in [-0.2, 0) is 17.9 Å². The van der Waals surface area contributed by atoms with E-state index in [1.54, 1.807) is 19.1 Å². The first-order chi connectivity index (χ1) is 13.8.